The molecule has 0 spiro atoms. The van der Waals surface area contributed by atoms with E-state index in [2.05, 4.69) is 5.32 Å². The molecule has 140 valence electrons. The number of halogens is 1. The fourth-order valence-electron chi connectivity index (χ4n) is 2.42. The monoisotopic (exact) mass is 387 g/mol. The minimum absolute atomic E-state index is 0.0756. The average molecular weight is 388 g/mol. The smallest absolute Gasteiger partial charge is 0.378 e. The third-order valence-electron chi connectivity index (χ3n) is 3.86. The Morgan fingerprint density at radius 1 is 1.15 bits per heavy atom. The maximum atomic E-state index is 12.8. The molecule has 7 heteroatoms. The van der Waals surface area contributed by atoms with Gasteiger partial charge in [-0.05, 0) is 24.6 Å². The predicted molar refractivity (Wildman–Crippen MR) is 100 cm³/mol. The molecule has 0 aromatic heterocycles. The number of carbonyl (C=O) groups excluding carboxylic acids is 2. The topological polar surface area (TPSA) is 73.9 Å². The lowest BCUT2D eigenvalue weighted by Crippen LogP contribution is -2.27. The molecule has 1 amide bonds. The Labute approximate surface area is 161 Å². The molecule has 1 atom stereocenters. The van der Waals surface area contributed by atoms with Crippen LogP contribution in [0, 0.1) is 6.92 Å². The zero-order valence-corrected chi connectivity index (χ0v) is 15.4. The van der Waals surface area contributed by atoms with Gasteiger partial charge in [-0.15, -0.1) is 0 Å². The standard InChI is InChI=1S/C20H18ClNO5/c1-13-7-8-15(11-16(13)21)22-19(23)18(14-5-3-2-4-6-14)27-20(24)17-12-25-9-10-26-17/h2-8,11-12,18H,9-10H2,1H3,(H,22,23). The van der Waals surface area contributed by atoms with E-state index < -0.39 is 18.0 Å². The Hall–Kier alpha value is -2.99. The van der Waals surface area contributed by atoms with Crippen LogP contribution in [0.15, 0.2) is 60.6 Å². The van der Waals surface area contributed by atoms with Gasteiger partial charge in [0.1, 0.15) is 19.5 Å². The van der Waals surface area contributed by atoms with Gasteiger partial charge in [-0.3, -0.25) is 4.79 Å². The Balaban J connectivity index is 1.80. The summed E-state index contributed by atoms with van der Waals surface area (Å²) in [5.41, 5.74) is 1.92. The van der Waals surface area contributed by atoms with Crippen molar-refractivity contribution in [1.29, 1.82) is 0 Å². The van der Waals surface area contributed by atoms with Gasteiger partial charge >= 0.3 is 5.97 Å². The first-order valence-corrected chi connectivity index (χ1v) is 8.70. The summed E-state index contributed by atoms with van der Waals surface area (Å²) in [6.45, 7) is 2.46. The minimum atomic E-state index is -1.16. The fraction of sp³-hybridized carbons (Fsp3) is 0.200. The normalized spacial score (nSPS) is 14.2. The highest BCUT2D eigenvalue weighted by Crippen LogP contribution is 2.24. The summed E-state index contributed by atoms with van der Waals surface area (Å²) in [4.78, 5) is 25.1. The number of esters is 1. The third kappa shape index (κ3) is 4.80. The Kier molecular flexibility index (Phi) is 5.98. The fourth-order valence-corrected chi connectivity index (χ4v) is 2.60. The van der Waals surface area contributed by atoms with E-state index >= 15 is 0 Å². The minimum Gasteiger partial charge on any atom is -0.493 e. The molecular formula is C20H18ClNO5. The molecule has 27 heavy (non-hydrogen) atoms. The van der Waals surface area contributed by atoms with Crippen LogP contribution < -0.4 is 5.32 Å². The highest BCUT2D eigenvalue weighted by atomic mass is 35.5. The predicted octanol–water partition coefficient (Wildman–Crippen LogP) is 3.76. The van der Waals surface area contributed by atoms with Crippen molar-refractivity contribution >= 4 is 29.2 Å². The number of hydrogen-bond donors (Lipinski definition) is 1. The number of carbonyl (C=O) groups is 2. The van der Waals surface area contributed by atoms with Gasteiger partial charge in [-0.1, -0.05) is 48.0 Å². The van der Waals surface area contributed by atoms with E-state index in [-0.39, 0.29) is 12.4 Å². The summed E-state index contributed by atoms with van der Waals surface area (Å²) in [6.07, 6.45) is 0.0242. The molecule has 1 unspecified atom stereocenters. The molecule has 0 fully saturated rings. The van der Waals surface area contributed by atoms with E-state index in [1.807, 2.05) is 6.92 Å². The summed E-state index contributed by atoms with van der Waals surface area (Å²) in [6, 6.07) is 13.9. The molecule has 0 radical (unpaired) electrons. The molecule has 2 aromatic carbocycles. The van der Waals surface area contributed by atoms with Gasteiger partial charge in [-0.25, -0.2) is 4.79 Å². The van der Waals surface area contributed by atoms with Crippen molar-refractivity contribution in [3.05, 3.63) is 76.7 Å². The molecule has 3 rings (SSSR count). The molecule has 6 nitrogen and oxygen atoms in total. The van der Waals surface area contributed by atoms with Crippen LogP contribution in [-0.4, -0.2) is 25.1 Å². The van der Waals surface area contributed by atoms with Crippen LogP contribution in [0.4, 0.5) is 5.69 Å². The number of ether oxygens (including phenoxy) is 3. The number of aryl methyl sites for hydroxylation is 1. The van der Waals surface area contributed by atoms with Gasteiger partial charge in [0.25, 0.3) is 5.91 Å². The van der Waals surface area contributed by atoms with Gasteiger partial charge in [0.2, 0.25) is 11.9 Å². The van der Waals surface area contributed by atoms with Crippen LogP contribution >= 0.6 is 11.6 Å². The first-order valence-electron chi connectivity index (χ1n) is 8.32. The second-order valence-corrected chi connectivity index (χ2v) is 6.26. The number of amides is 1. The van der Waals surface area contributed by atoms with Crippen molar-refractivity contribution in [2.75, 3.05) is 18.5 Å². The molecule has 0 saturated heterocycles. The maximum Gasteiger partial charge on any atom is 0.378 e. The Bertz CT molecular complexity index is 866. The number of hydrogen-bond acceptors (Lipinski definition) is 5. The van der Waals surface area contributed by atoms with Crippen molar-refractivity contribution < 1.29 is 23.8 Å². The van der Waals surface area contributed by atoms with Gasteiger partial charge in [0.15, 0.2) is 0 Å². The summed E-state index contributed by atoms with van der Waals surface area (Å²) >= 11 is 6.11. The highest BCUT2D eigenvalue weighted by Gasteiger charge is 2.28. The lowest BCUT2D eigenvalue weighted by atomic mass is 10.1. The lowest BCUT2D eigenvalue weighted by molar-refractivity contribution is -0.155. The summed E-state index contributed by atoms with van der Waals surface area (Å²) in [5.74, 6) is -1.36. The lowest BCUT2D eigenvalue weighted by Gasteiger charge is -2.20. The van der Waals surface area contributed by atoms with Crippen LogP contribution in [0.25, 0.3) is 0 Å². The molecule has 2 aromatic rings. The second kappa shape index (κ2) is 8.60. The van der Waals surface area contributed by atoms with Crippen molar-refractivity contribution in [3.8, 4) is 0 Å². The Morgan fingerprint density at radius 3 is 2.59 bits per heavy atom. The molecule has 1 heterocycles. The zero-order chi connectivity index (χ0) is 19.2. The van der Waals surface area contributed by atoms with E-state index in [0.29, 0.717) is 22.9 Å². The van der Waals surface area contributed by atoms with E-state index in [0.717, 1.165) is 5.56 Å². The number of anilines is 1. The van der Waals surface area contributed by atoms with E-state index in [1.54, 1.807) is 48.5 Å². The summed E-state index contributed by atoms with van der Waals surface area (Å²) < 4.78 is 15.7. The van der Waals surface area contributed by atoms with Crippen LogP contribution in [0.2, 0.25) is 5.02 Å². The van der Waals surface area contributed by atoms with Crippen molar-refractivity contribution in [3.63, 3.8) is 0 Å². The molecule has 0 bridgehead atoms. The van der Waals surface area contributed by atoms with Crippen LogP contribution in [0.1, 0.15) is 17.2 Å². The summed E-state index contributed by atoms with van der Waals surface area (Å²) in [7, 11) is 0. The zero-order valence-electron chi connectivity index (χ0n) is 14.6. The van der Waals surface area contributed by atoms with Crippen LogP contribution in [0.5, 0.6) is 0 Å². The molecule has 1 N–H and O–H groups in total. The van der Waals surface area contributed by atoms with Gasteiger partial charge in [0.05, 0.1) is 0 Å². The SMILES string of the molecule is Cc1ccc(NC(=O)C(OC(=O)C2=COCCO2)c2ccccc2)cc1Cl. The molecular weight excluding hydrogens is 370 g/mol. The molecule has 0 aliphatic carbocycles. The van der Waals surface area contributed by atoms with Gasteiger partial charge in [-0.2, -0.15) is 0 Å². The van der Waals surface area contributed by atoms with E-state index in [1.165, 1.54) is 6.26 Å². The van der Waals surface area contributed by atoms with Crippen molar-refractivity contribution in [2.45, 2.75) is 13.0 Å². The quantitative estimate of drug-likeness (QED) is 0.791. The van der Waals surface area contributed by atoms with Crippen molar-refractivity contribution in [1.82, 2.24) is 0 Å². The first kappa shape index (κ1) is 18.8. The maximum absolute atomic E-state index is 12.8. The van der Waals surface area contributed by atoms with Crippen LogP contribution in [0.3, 0.4) is 0 Å². The Morgan fingerprint density at radius 2 is 1.93 bits per heavy atom. The largest absolute Gasteiger partial charge is 0.493 e. The average Bonchev–Trinajstić information content (AvgIpc) is 2.70. The molecule has 1 aliphatic heterocycles. The van der Waals surface area contributed by atoms with Crippen molar-refractivity contribution in [2.24, 2.45) is 0 Å². The van der Waals surface area contributed by atoms with E-state index in [9.17, 15) is 9.59 Å². The summed E-state index contributed by atoms with van der Waals surface area (Å²) in [5, 5.41) is 3.25. The second-order valence-electron chi connectivity index (χ2n) is 5.85. The van der Waals surface area contributed by atoms with E-state index in [4.69, 9.17) is 25.8 Å². The molecule has 1 aliphatic rings. The number of benzene rings is 2. The van der Waals surface area contributed by atoms with Crippen LogP contribution in [-0.2, 0) is 23.8 Å². The van der Waals surface area contributed by atoms with Gasteiger partial charge in [0, 0.05) is 16.3 Å². The number of rotatable bonds is 5. The van der Waals surface area contributed by atoms with Gasteiger partial charge < -0.3 is 19.5 Å². The molecule has 0 saturated carbocycles. The number of nitrogens with one attached hydrogen (secondary N) is 1. The highest BCUT2D eigenvalue weighted by molar-refractivity contribution is 6.31. The first-order chi connectivity index (χ1) is 13.0. The third-order valence-corrected chi connectivity index (χ3v) is 4.26.